The van der Waals surface area contributed by atoms with E-state index < -0.39 is 17.7 Å². The maximum atomic E-state index is 11.9. The lowest BCUT2D eigenvalue weighted by Crippen LogP contribution is -2.65. The van der Waals surface area contributed by atoms with E-state index in [0.29, 0.717) is 28.4 Å². The van der Waals surface area contributed by atoms with Gasteiger partial charge in [-0.2, -0.15) is 0 Å². The van der Waals surface area contributed by atoms with Crippen LogP contribution in [0, 0.1) is 0 Å². The van der Waals surface area contributed by atoms with E-state index in [0.717, 1.165) is 11.3 Å². The van der Waals surface area contributed by atoms with Crippen LogP contribution < -0.4 is 15.0 Å². The van der Waals surface area contributed by atoms with Gasteiger partial charge >= 0.3 is 11.9 Å². The number of hydrogen-bond acceptors (Lipinski definition) is 6. The molecule has 0 aromatic heterocycles. The third-order valence-corrected chi connectivity index (χ3v) is 5.54. The van der Waals surface area contributed by atoms with Crippen molar-refractivity contribution in [1.82, 2.24) is 5.32 Å². The molecule has 1 N–H and O–H groups in total. The van der Waals surface area contributed by atoms with E-state index in [9.17, 15) is 9.59 Å². The Balaban J connectivity index is 1.69. The molecule has 4 rings (SSSR count). The minimum absolute atomic E-state index is 0.0913. The smallest absolute Gasteiger partial charge is 0.337 e. The van der Waals surface area contributed by atoms with Crippen LogP contribution in [-0.2, 0) is 9.47 Å². The average Bonchev–Trinajstić information content (AvgIpc) is 2.72. The van der Waals surface area contributed by atoms with Gasteiger partial charge in [-0.15, -0.1) is 0 Å². The highest BCUT2D eigenvalue weighted by Crippen LogP contribution is 2.45. The van der Waals surface area contributed by atoms with E-state index in [1.165, 1.54) is 14.2 Å². The van der Waals surface area contributed by atoms with E-state index in [-0.39, 0.29) is 6.04 Å². The Morgan fingerprint density at radius 2 is 1.72 bits per heavy atom. The number of carbonyl (C=O) groups excluding carboxylic acids is 2. The van der Waals surface area contributed by atoms with Crippen LogP contribution in [0.3, 0.4) is 0 Å². The summed E-state index contributed by atoms with van der Waals surface area (Å²) in [5.41, 5.74) is 1.87. The minimum Gasteiger partial charge on any atom is -0.467 e. The Labute approximate surface area is 173 Å². The summed E-state index contributed by atoms with van der Waals surface area (Å²) in [5.74, 6) is -0.110. The van der Waals surface area contributed by atoms with Crippen molar-refractivity contribution in [3.8, 4) is 5.75 Å². The third-order valence-electron chi connectivity index (χ3n) is 5.24. The van der Waals surface area contributed by atoms with Gasteiger partial charge in [0.15, 0.2) is 10.8 Å². The monoisotopic (exact) mass is 412 g/mol. The van der Waals surface area contributed by atoms with Crippen LogP contribution in [0.15, 0.2) is 42.5 Å². The first-order valence-corrected chi connectivity index (χ1v) is 9.47. The molecule has 0 radical (unpaired) electrons. The lowest BCUT2D eigenvalue weighted by atomic mass is 9.89. The number of fused-ring (bicyclic) bond motifs is 4. The van der Waals surface area contributed by atoms with Crippen LogP contribution in [0.25, 0.3) is 0 Å². The molecule has 1 saturated heterocycles. The Morgan fingerprint density at radius 1 is 1.10 bits per heavy atom. The molecule has 0 amide bonds. The second-order valence-corrected chi connectivity index (χ2v) is 7.49. The number of rotatable bonds is 3. The van der Waals surface area contributed by atoms with Gasteiger partial charge in [-0.05, 0) is 61.6 Å². The highest BCUT2D eigenvalue weighted by molar-refractivity contribution is 7.80. The molecule has 7 nitrogen and oxygen atoms in total. The van der Waals surface area contributed by atoms with Gasteiger partial charge in [0.2, 0.25) is 0 Å². The molecule has 150 valence electrons. The zero-order valence-corrected chi connectivity index (χ0v) is 17.0. The van der Waals surface area contributed by atoms with Crippen molar-refractivity contribution in [1.29, 1.82) is 0 Å². The predicted octanol–water partition coefficient (Wildman–Crippen LogP) is 3.19. The van der Waals surface area contributed by atoms with Gasteiger partial charge in [0.05, 0.1) is 31.4 Å². The molecule has 29 heavy (non-hydrogen) atoms. The number of thiocarbonyl (C=S) groups is 1. The average molecular weight is 412 g/mol. The van der Waals surface area contributed by atoms with Gasteiger partial charge in [0.1, 0.15) is 5.75 Å². The number of carbonyl (C=O) groups is 2. The molecule has 2 atom stereocenters. The minimum atomic E-state index is -0.723. The molecule has 0 aliphatic carbocycles. The molecular weight excluding hydrogens is 392 g/mol. The van der Waals surface area contributed by atoms with E-state index in [1.807, 2.05) is 24.0 Å². The van der Waals surface area contributed by atoms with Gasteiger partial charge in [0, 0.05) is 17.7 Å². The molecule has 8 heteroatoms. The fourth-order valence-electron chi connectivity index (χ4n) is 3.87. The Bertz CT molecular complexity index is 1010. The van der Waals surface area contributed by atoms with Crippen molar-refractivity contribution < 1.29 is 23.8 Å². The summed E-state index contributed by atoms with van der Waals surface area (Å²) >= 11 is 5.63. The Morgan fingerprint density at radius 3 is 2.38 bits per heavy atom. The van der Waals surface area contributed by atoms with Crippen molar-refractivity contribution in [3.63, 3.8) is 0 Å². The van der Waals surface area contributed by atoms with Gasteiger partial charge in [-0.3, -0.25) is 4.90 Å². The van der Waals surface area contributed by atoms with Gasteiger partial charge in [-0.25, -0.2) is 9.59 Å². The summed E-state index contributed by atoms with van der Waals surface area (Å²) in [6.45, 7) is 1.97. The van der Waals surface area contributed by atoms with Crippen LogP contribution in [0.2, 0.25) is 0 Å². The van der Waals surface area contributed by atoms with Crippen LogP contribution in [-0.4, -0.2) is 37.0 Å². The van der Waals surface area contributed by atoms with Gasteiger partial charge < -0.3 is 19.5 Å². The van der Waals surface area contributed by atoms with Gasteiger partial charge in [0.25, 0.3) is 0 Å². The quantitative estimate of drug-likeness (QED) is 0.608. The number of benzene rings is 2. The zero-order chi connectivity index (χ0) is 20.8. The fraction of sp³-hybridized carbons (Fsp3) is 0.286. The van der Waals surface area contributed by atoms with E-state index in [4.69, 9.17) is 26.4 Å². The summed E-state index contributed by atoms with van der Waals surface area (Å²) in [6, 6.07) is 12.2. The molecule has 0 saturated carbocycles. The van der Waals surface area contributed by atoms with Crippen LogP contribution >= 0.6 is 12.2 Å². The number of nitrogens with zero attached hydrogens (tertiary/aromatic N) is 1. The number of hydrogen-bond donors (Lipinski definition) is 1. The van der Waals surface area contributed by atoms with Crippen LogP contribution in [0.1, 0.15) is 45.7 Å². The molecule has 0 spiro atoms. The number of anilines is 1. The van der Waals surface area contributed by atoms with Crippen molar-refractivity contribution in [3.05, 3.63) is 59.2 Å². The summed E-state index contributed by atoms with van der Waals surface area (Å²) in [4.78, 5) is 25.5. The molecule has 2 bridgehead atoms. The van der Waals surface area contributed by atoms with Crippen molar-refractivity contribution in [2.45, 2.75) is 25.1 Å². The van der Waals surface area contributed by atoms with E-state index in [1.54, 1.807) is 30.3 Å². The topological polar surface area (TPSA) is 77.1 Å². The second kappa shape index (κ2) is 7.04. The molecule has 2 aliphatic rings. The summed E-state index contributed by atoms with van der Waals surface area (Å²) in [6.07, 6.45) is 0.615. The number of methoxy groups -OCH3 is 2. The summed E-state index contributed by atoms with van der Waals surface area (Å²) in [5, 5.41) is 3.85. The summed E-state index contributed by atoms with van der Waals surface area (Å²) < 4.78 is 15.9. The molecule has 2 aromatic carbocycles. The first-order valence-electron chi connectivity index (χ1n) is 9.06. The van der Waals surface area contributed by atoms with E-state index in [2.05, 4.69) is 5.32 Å². The normalized spacial score (nSPS) is 22.1. The SMILES string of the molecule is COC(=O)c1ccc(N2C(=S)NC3CC2(C)Oc2ccc(C(=O)OC)cc23)cc1. The Hall–Kier alpha value is -3.13. The van der Waals surface area contributed by atoms with Crippen LogP contribution in [0.5, 0.6) is 5.75 Å². The molecule has 2 aromatic rings. The van der Waals surface area contributed by atoms with E-state index >= 15 is 0 Å². The third kappa shape index (κ3) is 3.19. The molecule has 2 aliphatic heterocycles. The number of esters is 2. The molecular formula is C21H20N2O5S. The molecule has 1 fully saturated rings. The van der Waals surface area contributed by atoms with Crippen LogP contribution in [0.4, 0.5) is 5.69 Å². The first-order chi connectivity index (χ1) is 13.9. The maximum absolute atomic E-state index is 11.9. The first kappa shape index (κ1) is 19.2. The largest absolute Gasteiger partial charge is 0.467 e. The zero-order valence-electron chi connectivity index (χ0n) is 16.2. The lowest BCUT2D eigenvalue weighted by molar-refractivity contribution is 0.0494. The predicted molar refractivity (Wildman–Crippen MR) is 110 cm³/mol. The molecule has 2 heterocycles. The lowest BCUT2D eigenvalue weighted by Gasteiger charge is -2.52. The summed E-state index contributed by atoms with van der Waals surface area (Å²) in [7, 11) is 2.70. The molecule has 2 unspecified atom stereocenters. The highest BCUT2D eigenvalue weighted by atomic mass is 32.1. The standard InChI is InChI=1S/C21H20N2O5S/c1-21-11-16(15-10-13(19(25)27-3)6-9-17(15)28-21)22-20(29)23(21)14-7-4-12(5-8-14)18(24)26-2/h4-10,16H,11H2,1-3H3,(H,22,29). The van der Waals surface area contributed by atoms with Gasteiger partial charge in [-0.1, -0.05) is 0 Å². The Kier molecular flexibility index (Phi) is 4.66. The number of ether oxygens (including phenoxy) is 3. The maximum Gasteiger partial charge on any atom is 0.337 e. The fourth-order valence-corrected chi connectivity index (χ4v) is 4.32. The highest BCUT2D eigenvalue weighted by Gasteiger charge is 2.48. The van der Waals surface area contributed by atoms with Crippen molar-refractivity contribution in [2.75, 3.05) is 19.1 Å². The van der Waals surface area contributed by atoms with Crippen molar-refractivity contribution >= 4 is 35.0 Å². The second-order valence-electron chi connectivity index (χ2n) is 7.10. The van der Waals surface area contributed by atoms with Crippen molar-refractivity contribution in [2.24, 2.45) is 0 Å². The number of nitrogens with one attached hydrogen (secondary N) is 1.